The number of carbonyl (C=O) groups is 1. The SMILES string of the molecule is O=C(CN1CCCC1)NCC1(c2ccccc2)CCCC1. The van der Waals surface area contributed by atoms with Gasteiger partial charge in [0.1, 0.15) is 0 Å². The zero-order chi connectivity index (χ0) is 14.5. The van der Waals surface area contributed by atoms with Crippen LogP contribution in [0.25, 0.3) is 0 Å². The van der Waals surface area contributed by atoms with Crippen LogP contribution in [0.4, 0.5) is 0 Å². The van der Waals surface area contributed by atoms with Crippen molar-refractivity contribution in [3.05, 3.63) is 35.9 Å². The maximum absolute atomic E-state index is 12.2. The number of benzene rings is 1. The van der Waals surface area contributed by atoms with Gasteiger partial charge < -0.3 is 5.32 Å². The van der Waals surface area contributed by atoms with Crippen LogP contribution in [-0.4, -0.2) is 37.0 Å². The van der Waals surface area contributed by atoms with Gasteiger partial charge in [0.2, 0.25) is 5.91 Å². The molecule has 0 bridgehead atoms. The van der Waals surface area contributed by atoms with Gasteiger partial charge in [0, 0.05) is 12.0 Å². The Kier molecular flexibility index (Phi) is 4.59. The first kappa shape index (κ1) is 14.6. The zero-order valence-electron chi connectivity index (χ0n) is 12.8. The van der Waals surface area contributed by atoms with E-state index in [1.807, 2.05) is 0 Å². The fourth-order valence-corrected chi connectivity index (χ4v) is 3.88. The summed E-state index contributed by atoms with van der Waals surface area (Å²) < 4.78 is 0. The Morgan fingerprint density at radius 1 is 1.05 bits per heavy atom. The average Bonchev–Trinajstić information content (AvgIpc) is 3.18. The summed E-state index contributed by atoms with van der Waals surface area (Å²) in [6.45, 7) is 3.53. The van der Waals surface area contributed by atoms with Gasteiger partial charge >= 0.3 is 0 Å². The van der Waals surface area contributed by atoms with Crippen LogP contribution in [0, 0.1) is 0 Å². The maximum Gasteiger partial charge on any atom is 0.234 e. The van der Waals surface area contributed by atoms with Crippen LogP contribution in [0.2, 0.25) is 0 Å². The molecule has 1 aromatic carbocycles. The van der Waals surface area contributed by atoms with Crippen molar-refractivity contribution in [2.75, 3.05) is 26.2 Å². The van der Waals surface area contributed by atoms with E-state index in [0.29, 0.717) is 6.54 Å². The highest BCUT2D eigenvalue weighted by Crippen LogP contribution is 2.40. The van der Waals surface area contributed by atoms with Crippen molar-refractivity contribution in [3.8, 4) is 0 Å². The molecule has 1 amide bonds. The zero-order valence-corrected chi connectivity index (χ0v) is 12.8. The smallest absolute Gasteiger partial charge is 0.234 e. The molecule has 1 N–H and O–H groups in total. The third kappa shape index (κ3) is 3.46. The van der Waals surface area contributed by atoms with Crippen LogP contribution >= 0.6 is 0 Å². The molecular formula is C18H26N2O. The van der Waals surface area contributed by atoms with Crippen molar-refractivity contribution in [2.45, 2.75) is 43.9 Å². The molecule has 0 radical (unpaired) electrons. The largest absolute Gasteiger partial charge is 0.354 e. The standard InChI is InChI=1S/C18H26N2O/c21-17(14-20-12-6-7-13-20)19-15-18(10-4-5-11-18)16-8-2-1-3-9-16/h1-3,8-9H,4-7,10-15H2,(H,19,21). The fraction of sp³-hybridized carbons (Fsp3) is 0.611. The molecule has 114 valence electrons. The van der Waals surface area contributed by atoms with Crippen molar-refractivity contribution in [1.29, 1.82) is 0 Å². The van der Waals surface area contributed by atoms with E-state index in [1.54, 1.807) is 0 Å². The lowest BCUT2D eigenvalue weighted by Gasteiger charge is -2.30. The number of hydrogen-bond donors (Lipinski definition) is 1. The van der Waals surface area contributed by atoms with Gasteiger partial charge in [0.15, 0.2) is 0 Å². The molecule has 0 aromatic heterocycles. The quantitative estimate of drug-likeness (QED) is 0.902. The van der Waals surface area contributed by atoms with Crippen LogP contribution in [0.1, 0.15) is 44.1 Å². The third-order valence-corrected chi connectivity index (χ3v) is 5.14. The first-order valence-corrected chi connectivity index (χ1v) is 8.33. The van der Waals surface area contributed by atoms with E-state index >= 15 is 0 Å². The van der Waals surface area contributed by atoms with E-state index in [2.05, 4.69) is 40.5 Å². The first-order chi connectivity index (χ1) is 10.3. The Morgan fingerprint density at radius 3 is 2.38 bits per heavy atom. The fourth-order valence-electron chi connectivity index (χ4n) is 3.88. The van der Waals surface area contributed by atoms with Gasteiger partial charge in [-0.25, -0.2) is 0 Å². The number of carbonyl (C=O) groups excluding carboxylic acids is 1. The van der Waals surface area contributed by atoms with E-state index in [9.17, 15) is 4.79 Å². The van der Waals surface area contributed by atoms with Gasteiger partial charge in [-0.05, 0) is 44.3 Å². The molecule has 1 saturated carbocycles. The number of amides is 1. The molecule has 1 aromatic rings. The minimum Gasteiger partial charge on any atom is -0.354 e. The van der Waals surface area contributed by atoms with E-state index in [-0.39, 0.29) is 11.3 Å². The average molecular weight is 286 g/mol. The highest BCUT2D eigenvalue weighted by Gasteiger charge is 2.35. The van der Waals surface area contributed by atoms with Crippen molar-refractivity contribution >= 4 is 5.91 Å². The highest BCUT2D eigenvalue weighted by atomic mass is 16.2. The minimum atomic E-state index is 0.169. The van der Waals surface area contributed by atoms with Gasteiger partial charge in [-0.3, -0.25) is 9.69 Å². The van der Waals surface area contributed by atoms with E-state index < -0.39 is 0 Å². The number of hydrogen-bond acceptors (Lipinski definition) is 2. The Morgan fingerprint density at radius 2 is 1.71 bits per heavy atom. The summed E-state index contributed by atoms with van der Waals surface area (Å²) in [4.78, 5) is 14.4. The van der Waals surface area contributed by atoms with Crippen molar-refractivity contribution in [2.24, 2.45) is 0 Å². The van der Waals surface area contributed by atoms with Crippen LogP contribution in [0.5, 0.6) is 0 Å². The number of nitrogens with zero attached hydrogens (tertiary/aromatic N) is 1. The van der Waals surface area contributed by atoms with Gasteiger partial charge in [-0.1, -0.05) is 43.2 Å². The molecule has 1 heterocycles. The summed E-state index contributed by atoms with van der Waals surface area (Å²) in [5.74, 6) is 0.194. The Bertz CT molecular complexity index is 459. The molecule has 1 saturated heterocycles. The van der Waals surface area contributed by atoms with Gasteiger partial charge in [0.25, 0.3) is 0 Å². The van der Waals surface area contributed by atoms with Crippen LogP contribution in [0.15, 0.2) is 30.3 Å². The molecule has 1 aliphatic heterocycles. The Hall–Kier alpha value is -1.35. The number of rotatable bonds is 5. The molecule has 3 heteroatoms. The molecule has 3 nitrogen and oxygen atoms in total. The highest BCUT2D eigenvalue weighted by molar-refractivity contribution is 5.78. The summed E-state index contributed by atoms with van der Waals surface area (Å²) in [7, 11) is 0. The Labute approximate surface area is 127 Å². The summed E-state index contributed by atoms with van der Waals surface area (Å²) >= 11 is 0. The number of nitrogens with one attached hydrogen (secondary N) is 1. The third-order valence-electron chi connectivity index (χ3n) is 5.14. The van der Waals surface area contributed by atoms with Gasteiger partial charge in [0.05, 0.1) is 6.54 Å². The number of likely N-dealkylation sites (tertiary alicyclic amines) is 1. The molecule has 2 fully saturated rings. The molecule has 0 atom stereocenters. The molecule has 0 unspecified atom stereocenters. The van der Waals surface area contributed by atoms with Crippen LogP contribution < -0.4 is 5.32 Å². The first-order valence-electron chi connectivity index (χ1n) is 8.33. The summed E-state index contributed by atoms with van der Waals surface area (Å²) in [6, 6.07) is 10.7. The predicted octanol–water partition coefficient (Wildman–Crippen LogP) is 2.71. The van der Waals surface area contributed by atoms with Gasteiger partial charge in [-0.2, -0.15) is 0 Å². The molecular weight excluding hydrogens is 260 g/mol. The summed E-state index contributed by atoms with van der Waals surface area (Å²) in [5.41, 5.74) is 1.56. The monoisotopic (exact) mass is 286 g/mol. The summed E-state index contributed by atoms with van der Waals surface area (Å²) in [5, 5.41) is 3.21. The molecule has 21 heavy (non-hydrogen) atoms. The van der Waals surface area contributed by atoms with Crippen LogP contribution in [0.3, 0.4) is 0 Å². The normalized spacial score (nSPS) is 21.5. The molecule has 0 spiro atoms. The minimum absolute atomic E-state index is 0.169. The van der Waals surface area contributed by atoms with Crippen LogP contribution in [-0.2, 0) is 10.2 Å². The molecule has 3 rings (SSSR count). The lowest BCUT2D eigenvalue weighted by molar-refractivity contribution is -0.122. The van der Waals surface area contributed by atoms with Gasteiger partial charge in [-0.15, -0.1) is 0 Å². The Balaban J connectivity index is 1.59. The summed E-state index contributed by atoms with van der Waals surface area (Å²) in [6.07, 6.45) is 7.41. The lowest BCUT2D eigenvalue weighted by Crippen LogP contribution is -2.43. The second-order valence-electron chi connectivity index (χ2n) is 6.61. The second-order valence-corrected chi connectivity index (χ2v) is 6.61. The maximum atomic E-state index is 12.2. The van der Waals surface area contributed by atoms with E-state index in [0.717, 1.165) is 19.6 Å². The van der Waals surface area contributed by atoms with Crippen molar-refractivity contribution in [1.82, 2.24) is 10.2 Å². The predicted molar refractivity (Wildman–Crippen MR) is 85.3 cm³/mol. The van der Waals surface area contributed by atoms with Crippen molar-refractivity contribution < 1.29 is 4.79 Å². The molecule has 1 aliphatic carbocycles. The topological polar surface area (TPSA) is 32.3 Å². The van der Waals surface area contributed by atoms with Crippen molar-refractivity contribution in [3.63, 3.8) is 0 Å². The van der Waals surface area contributed by atoms with E-state index in [4.69, 9.17) is 0 Å². The molecule has 2 aliphatic rings. The lowest BCUT2D eigenvalue weighted by atomic mass is 9.79. The van der Waals surface area contributed by atoms with E-state index in [1.165, 1.54) is 44.1 Å². The second kappa shape index (κ2) is 6.61.